The van der Waals surface area contributed by atoms with Crippen LogP contribution in [0, 0.1) is 24.2 Å². The van der Waals surface area contributed by atoms with Gasteiger partial charge in [0.25, 0.3) is 0 Å². The quantitative estimate of drug-likeness (QED) is 0.757. The molecule has 15 heavy (non-hydrogen) atoms. The molecule has 0 amide bonds. The predicted molar refractivity (Wildman–Crippen MR) is 61.8 cm³/mol. The van der Waals surface area contributed by atoms with E-state index in [0.29, 0.717) is 11.5 Å². The van der Waals surface area contributed by atoms with Gasteiger partial charge in [-0.15, -0.1) is 0 Å². The summed E-state index contributed by atoms with van der Waals surface area (Å²) in [5.41, 5.74) is 1.67. The van der Waals surface area contributed by atoms with Crippen LogP contribution >= 0.6 is 0 Å². The molecular weight excluding hydrogens is 186 g/mol. The normalized spacial score (nSPS) is 10.1. The van der Waals surface area contributed by atoms with Gasteiger partial charge in [0, 0.05) is 19.8 Å². The summed E-state index contributed by atoms with van der Waals surface area (Å²) in [6.07, 6.45) is 1.75. The van der Waals surface area contributed by atoms with E-state index in [0.717, 1.165) is 17.9 Å². The highest BCUT2D eigenvalue weighted by Gasteiger charge is 2.11. The molecule has 1 rings (SSSR count). The molecule has 0 saturated carbocycles. The average molecular weight is 203 g/mol. The third-order valence-corrected chi connectivity index (χ3v) is 2.25. The monoisotopic (exact) mass is 203 g/mol. The standard InChI is InChI=1S/C12H17N3/c1-9(2)8-15(4)12-11(7-13)10(3)5-6-14-12/h5-6,9H,8H2,1-4H3. The minimum absolute atomic E-state index is 0.559. The number of hydrogen-bond acceptors (Lipinski definition) is 3. The smallest absolute Gasteiger partial charge is 0.146 e. The Bertz CT molecular complexity index is 377. The average Bonchev–Trinajstić information content (AvgIpc) is 2.16. The molecule has 0 aliphatic heterocycles. The van der Waals surface area contributed by atoms with E-state index in [4.69, 9.17) is 5.26 Å². The molecule has 0 spiro atoms. The van der Waals surface area contributed by atoms with Crippen molar-refractivity contribution in [2.24, 2.45) is 5.92 Å². The fourth-order valence-corrected chi connectivity index (χ4v) is 1.61. The topological polar surface area (TPSA) is 39.9 Å². The first kappa shape index (κ1) is 11.5. The Morgan fingerprint density at radius 3 is 2.73 bits per heavy atom. The molecule has 1 aromatic rings. The van der Waals surface area contributed by atoms with Gasteiger partial charge in [-0.05, 0) is 24.5 Å². The van der Waals surface area contributed by atoms with Crippen LogP contribution in [0.3, 0.4) is 0 Å². The maximum Gasteiger partial charge on any atom is 0.146 e. The number of nitriles is 1. The lowest BCUT2D eigenvalue weighted by molar-refractivity contribution is 0.634. The van der Waals surface area contributed by atoms with Crippen molar-refractivity contribution in [3.05, 3.63) is 23.4 Å². The minimum atomic E-state index is 0.559. The number of rotatable bonds is 3. The van der Waals surface area contributed by atoms with E-state index in [1.54, 1.807) is 6.20 Å². The number of aryl methyl sites for hydroxylation is 1. The number of nitrogens with zero attached hydrogens (tertiary/aromatic N) is 3. The van der Waals surface area contributed by atoms with Crippen LogP contribution in [0.15, 0.2) is 12.3 Å². The van der Waals surface area contributed by atoms with Crippen LogP contribution in [-0.2, 0) is 0 Å². The summed E-state index contributed by atoms with van der Waals surface area (Å²) < 4.78 is 0. The molecule has 0 aliphatic rings. The van der Waals surface area contributed by atoms with E-state index in [9.17, 15) is 0 Å². The van der Waals surface area contributed by atoms with E-state index in [1.807, 2.05) is 24.9 Å². The second-order valence-corrected chi connectivity index (χ2v) is 4.21. The minimum Gasteiger partial charge on any atom is -0.358 e. The lowest BCUT2D eigenvalue weighted by atomic mass is 10.1. The fraction of sp³-hybridized carbons (Fsp3) is 0.500. The third-order valence-electron chi connectivity index (χ3n) is 2.25. The molecule has 1 heterocycles. The van der Waals surface area contributed by atoms with Gasteiger partial charge in [-0.2, -0.15) is 5.26 Å². The van der Waals surface area contributed by atoms with Crippen LogP contribution in [0.1, 0.15) is 25.0 Å². The molecule has 80 valence electrons. The number of aromatic nitrogens is 1. The molecule has 0 fully saturated rings. The molecule has 0 unspecified atom stereocenters. The van der Waals surface area contributed by atoms with Gasteiger partial charge in [-0.1, -0.05) is 13.8 Å². The fourth-order valence-electron chi connectivity index (χ4n) is 1.61. The van der Waals surface area contributed by atoms with Crippen LogP contribution < -0.4 is 4.90 Å². The second-order valence-electron chi connectivity index (χ2n) is 4.21. The van der Waals surface area contributed by atoms with Gasteiger partial charge in [-0.3, -0.25) is 0 Å². The van der Waals surface area contributed by atoms with Gasteiger partial charge in [-0.25, -0.2) is 4.98 Å². The Morgan fingerprint density at radius 1 is 1.53 bits per heavy atom. The summed E-state index contributed by atoms with van der Waals surface area (Å²) >= 11 is 0. The molecule has 0 N–H and O–H groups in total. The molecular formula is C12H17N3. The highest BCUT2D eigenvalue weighted by Crippen LogP contribution is 2.19. The zero-order chi connectivity index (χ0) is 11.4. The van der Waals surface area contributed by atoms with Crippen LogP contribution in [0.4, 0.5) is 5.82 Å². The summed E-state index contributed by atoms with van der Waals surface area (Å²) in [7, 11) is 1.97. The van der Waals surface area contributed by atoms with Crippen LogP contribution in [0.25, 0.3) is 0 Å². The van der Waals surface area contributed by atoms with E-state index in [1.165, 1.54) is 0 Å². The third kappa shape index (κ3) is 2.69. The van der Waals surface area contributed by atoms with E-state index in [-0.39, 0.29) is 0 Å². The van der Waals surface area contributed by atoms with Gasteiger partial charge < -0.3 is 4.90 Å². The number of hydrogen-bond donors (Lipinski definition) is 0. The highest BCUT2D eigenvalue weighted by molar-refractivity contribution is 5.56. The Labute approximate surface area is 91.4 Å². The van der Waals surface area contributed by atoms with Crippen molar-refractivity contribution in [2.75, 3.05) is 18.5 Å². The Kier molecular flexibility index (Phi) is 3.68. The summed E-state index contributed by atoms with van der Waals surface area (Å²) in [6.45, 7) is 7.15. The molecule has 3 nitrogen and oxygen atoms in total. The molecule has 0 atom stereocenters. The maximum atomic E-state index is 9.07. The second kappa shape index (κ2) is 4.79. The summed E-state index contributed by atoms with van der Waals surface area (Å²) in [4.78, 5) is 6.30. The Balaban J connectivity index is 3.04. The predicted octanol–water partition coefficient (Wildman–Crippen LogP) is 2.35. The summed E-state index contributed by atoms with van der Waals surface area (Å²) in [5, 5.41) is 9.07. The Hall–Kier alpha value is -1.56. The number of pyridine rings is 1. The first-order valence-corrected chi connectivity index (χ1v) is 5.13. The zero-order valence-corrected chi connectivity index (χ0v) is 9.78. The van der Waals surface area contributed by atoms with Gasteiger partial charge >= 0.3 is 0 Å². The molecule has 0 radical (unpaired) electrons. The lowest BCUT2D eigenvalue weighted by Crippen LogP contribution is -2.24. The van der Waals surface area contributed by atoms with E-state index in [2.05, 4.69) is 24.9 Å². The van der Waals surface area contributed by atoms with E-state index >= 15 is 0 Å². The van der Waals surface area contributed by atoms with Crippen LogP contribution in [-0.4, -0.2) is 18.6 Å². The van der Waals surface area contributed by atoms with Gasteiger partial charge in [0.15, 0.2) is 0 Å². The first-order valence-electron chi connectivity index (χ1n) is 5.13. The summed E-state index contributed by atoms with van der Waals surface area (Å²) in [5.74, 6) is 1.34. The maximum absolute atomic E-state index is 9.07. The van der Waals surface area contributed by atoms with Crippen molar-refractivity contribution in [1.82, 2.24) is 4.98 Å². The zero-order valence-electron chi connectivity index (χ0n) is 9.78. The summed E-state index contributed by atoms with van der Waals surface area (Å²) in [6, 6.07) is 4.08. The molecule has 0 saturated heterocycles. The van der Waals surface area contributed by atoms with Crippen molar-refractivity contribution in [1.29, 1.82) is 5.26 Å². The van der Waals surface area contributed by atoms with Gasteiger partial charge in [0.2, 0.25) is 0 Å². The number of anilines is 1. The molecule has 3 heteroatoms. The molecule has 0 bridgehead atoms. The van der Waals surface area contributed by atoms with Crippen molar-refractivity contribution >= 4 is 5.82 Å². The Morgan fingerprint density at radius 2 is 2.20 bits per heavy atom. The largest absolute Gasteiger partial charge is 0.358 e. The van der Waals surface area contributed by atoms with Crippen molar-refractivity contribution in [3.8, 4) is 6.07 Å². The van der Waals surface area contributed by atoms with Gasteiger partial charge in [0.1, 0.15) is 11.9 Å². The SMILES string of the molecule is Cc1ccnc(N(C)CC(C)C)c1C#N. The van der Waals surface area contributed by atoms with Crippen LogP contribution in [0.2, 0.25) is 0 Å². The van der Waals surface area contributed by atoms with E-state index < -0.39 is 0 Å². The molecule has 0 aliphatic carbocycles. The van der Waals surface area contributed by atoms with Gasteiger partial charge in [0.05, 0.1) is 5.56 Å². The van der Waals surface area contributed by atoms with Crippen molar-refractivity contribution in [2.45, 2.75) is 20.8 Å². The first-order chi connectivity index (χ1) is 7.06. The molecule has 1 aromatic heterocycles. The van der Waals surface area contributed by atoms with Crippen molar-refractivity contribution in [3.63, 3.8) is 0 Å². The highest BCUT2D eigenvalue weighted by atomic mass is 15.2. The van der Waals surface area contributed by atoms with Crippen molar-refractivity contribution < 1.29 is 0 Å². The van der Waals surface area contributed by atoms with Crippen LogP contribution in [0.5, 0.6) is 0 Å². The molecule has 0 aromatic carbocycles. The lowest BCUT2D eigenvalue weighted by Gasteiger charge is -2.21.